The Bertz CT molecular complexity index is 1130. The van der Waals surface area contributed by atoms with E-state index in [0.717, 1.165) is 46.1 Å². The lowest BCUT2D eigenvalue weighted by atomic mass is 9.87. The van der Waals surface area contributed by atoms with E-state index in [4.69, 9.17) is 9.47 Å². The number of ether oxygens (including phenoxy) is 2. The normalized spacial score (nSPS) is 14.8. The number of hydrogen-bond acceptors (Lipinski definition) is 4. The van der Waals surface area contributed by atoms with Crippen molar-refractivity contribution in [2.24, 2.45) is 0 Å². The van der Waals surface area contributed by atoms with Crippen molar-refractivity contribution in [3.05, 3.63) is 65.7 Å². The van der Waals surface area contributed by atoms with Gasteiger partial charge in [-0.1, -0.05) is 42.5 Å². The Balaban J connectivity index is 1.98. The molecule has 4 nitrogen and oxygen atoms in total. The molecular weight excluding hydrogens is 398 g/mol. The summed E-state index contributed by atoms with van der Waals surface area (Å²) in [6, 6.07) is 19.1. The van der Waals surface area contributed by atoms with E-state index in [1.165, 1.54) is 12.1 Å². The molecule has 0 amide bonds. The highest BCUT2D eigenvalue weighted by atomic mass is 16.6. The van der Waals surface area contributed by atoms with Gasteiger partial charge < -0.3 is 14.4 Å². The van der Waals surface area contributed by atoms with Crippen molar-refractivity contribution < 1.29 is 14.3 Å². The molecule has 0 spiro atoms. The maximum Gasteiger partial charge on any atom is 0.339 e. The summed E-state index contributed by atoms with van der Waals surface area (Å²) < 4.78 is 11.8. The van der Waals surface area contributed by atoms with Crippen LogP contribution in [0, 0.1) is 6.92 Å². The lowest BCUT2D eigenvalue weighted by Crippen LogP contribution is -2.36. The summed E-state index contributed by atoms with van der Waals surface area (Å²) in [5, 5.41) is 2.26. The van der Waals surface area contributed by atoms with Crippen molar-refractivity contribution in [2.45, 2.75) is 52.7 Å². The van der Waals surface area contributed by atoms with E-state index in [1.807, 2.05) is 33.8 Å². The van der Waals surface area contributed by atoms with Crippen LogP contribution in [0.15, 0.2) is 54.6 Å². The second-order valence-corrected chi connectivity index (χ2v) is 9.46. The van der Waals surface area contributed by atoms with Gasteiger partial charge in [0.2, 0.25) is 0 Å². The van der Waals surface area contributed by atoms with Crippen LogP contribution in [0.25, 0.3) is 21.9 Å². The average molecular weight is 432 g/mol. The predicted molar refractivity (Wildman–Crippen MR) is 131 cm³/mol. The molecule has 3 aromatic rings. The Morgan fingerprint density at radius 2 is 1.81 bits per heavy atom. The first kappa shape index (κ1) is 22.3. The molecule has 1 aliphatic heterocycles. The minimum Gasteiger partial charge on any atom is -0.464 e. The highest BCUT2D eigenvalue weighted by molar-refractivity contribution is 6.01. The van der Waals surface area contributed by atoms with Gasteiger partial charge in [0.1, 0.15) is 0 Å². The van der Waals surface area contributed by atoms with Crippen LogP contribution >= 0.6 is 0 Å². The van der Waals surface area contributed by atoms with E-state index in [-0.39, 0.29) is 5.97 Å². The number of rotatable bonds is 6. The van der Waals surface area contributed by atoms with Crippen LogP contribution in [-0.2, 0) is 14.3 Å². The monoisotopic (exact) mass is 431 g/mol. The van der Waals surface area contributed by atoms with Crippen LogP contribution < -0.4 is 4.90 Å². The molecule has 0 radical (unpaired) electrons. The molecule has 0 N–H and O–H groups in total. The maximum absolute atomic E-state index is 13.2. The molecule has 1 heterocycles. The van der Waals surface area contributed by atoms with Crippen LogP contribution in [0.5, 0.6) is 0 Å². The van der Waals surface area contributed by atoms with Crippen molar-refractivity contribution in [3.63, 3.8) is 0 Å². The van der Waals surface area contributed by atoms with Crippen molar-refractivity contribution in [1.82, 2.24) is 0 Å². The van der Waals surface area contributed by atoms with E-state index in [1.54, 1.807) is 0 Å². The van der Waals surface area contributed by atoms with Gasteiger partial charge in [-0.05, 0) is 80.6 Å². The van der Waals surface area contributed by atoms with Crippen LogP contribution in [0.1, 0.15) is 51.3 Å². The molecule has 1 fully saturated rings. The van der Waals surface area contributed by atoms with Gasteiger partial charge in [0.05, 0.1) is 12.2 Å². The molecule has 0 unspecified atom stereocenters. The van der Waals surface area contributed by atoms with Gasteiger partial charge in [0.25, 0.3) is 0 Å². The quantitative estimate of drug-likeness (QED) is 0.421. The smallest absolute Gasteiger partial charge is 0.339 e. The van der Waals surface area contributed by atoms with Crippen molar-refractivity contribution in [3.8, 4) is 11.1 Å². The molecule has 168 valence electrons. The number of esters is 1. The second-order valence-electron chi connectivity index (χ2n) is 9.46. The number of anilines is 1. The number of carbonyl (C=O) groups excluding carboxylic acids is 1. The van der Waals surface area contributed by atoms with Gasteiger partial charge in [-0.3, -0.25) is 0 Å². The van der Waals surface area contributed by atoms with Gasteiger partial charge in [0, 0.05) is 24.3 Å². The third-order valence-electron chi connectivity index (χ3n) is 5.89. The summed E-state index contributed by atoms with van der Waals surface area (Å²) in [7, 11) is 0. The maximum atomic E-state index is 13.2. The second kappa shape index (κ2) is 8.95. The Morgan fingerprint density at radius 3 is 2.47 bits per heavy atom. The molecule has 4 rings (SSSR count). The average Bonchev–Trinajstić information content (AvgIpc) is 2.70. The highest BCUT2D eigenvalue weighted by Crippen LogP contribution is 2.41. The van der Waals surface area contributed by atoms with Crippen LogP contribution in [0.2, 0.25) is 0 Å². The minimum atomic E-state index is -0.803. The summed E-state index contributed by atoms with van der Waals surface area (Å²) in [4.78, 5) is 15.6. The van der Waals surface area contributed by atoms with E-state index in [9.17, 15) is 4.79 Å². The molecule has 0 aromatic heterocycles. The molecule has 0 aliphatic carbocycles. The summed E-state index contributed by atoms with van der Waals surface area (Å²) in [6.45, 7) is 12.3. The topological polar surface area (TPSA) is 38.8 Å². The van der Waals surface area contributed by atoms with E-state index < -0.39 is 11.7 Å². The predicted octanol–water partition coefficient (Wildman–Crippen LogP) is 6.44. The van der Waals surface area contributed by atoms with Crippen molar-refractivity contribution in [2.75, 3.05) is 24.6 Å². The van der Waals surface area contributed by atoms with Gasteiger partial charge in [-0.15, -0.1) is 0 Å². The summed E-state index contributed by atoms with van der Waals surface area (Å²) in [5.41, 5.74) is 4.76. The lowest BCUT2D eigenvalue weighted by Gasteiger charge is -2.34. The number of benzene rings is 3. The van der Waals surface area contributed by atoms with Gasteiger partial charge >= 0.3 is 5.97 Å². The standard InChI is InChI=1S/C28H33NO3/c1-6-31-27(30)26(32-28(3,4)5)24-19(2)17-20-11-7-8-14-23(20)25(24)21-12-9-13-22(18-21)29-15-10-16-29/h7-9,11-14,17-18,26H,6,10,15-16H2,1-5H3/t26-/m0/s1. The highest BCUT2D eigenvalue weighted by Gasteiger charge is 2.33. The zero-order chi connectivity index (χ0) is 22.9. The summed E-state index contributed by atoms with van der Waals surface area (Å²) in [6.07, 6.45) is 0.426. The first-order valence-electron chi connectivity index (χ1n) is 11.5. The molecule has 0 bridgehead atoms. The van der Waals surface area contributed by atoms with E-state index >= 15 is 0 Å². The Hall–Kier alpha value is -2.85. The molecular formula is C28H33NO3. The first-order chi connectivity index (χ1) is 15.3. The van der Waals surface area contributed by atoms with Gasteiger partial charge in [-0.25, -0.2) is 4.79 Å². The number of aryl methyl sites for hydroxylation is 1. The number of hydrogen-bond donors (Lipinski definition) is 0. The molecule has 0 saturated carbocycles. The number of nitrogens with zero attached hydrogens (tertiary/aromatic N) is 1. The van der Waals surface area contributed by atoms with Gasteiger partial charge in [-0.2, -0.15) is 0 Å². The van der Waals surface area contributed by atoms with Crippen LogP contribution in [-0.4, -0.2) is 31.3 Å². The summed E-state index contributed by atoms with van der Waals surface area (Å²) >= 11 is 0. The fourth-order valence-electron chi connectivity index (χ4n) is 4.38. The third kappa shape index (κ3) is 4.51. The number of carbonyl (C=O) groups is 1. The minimum absolute atomic E-state index is 0.315. The zero-order valence-electron chi connectivity index (χ0n) is 19.8. The van der Waals surface area contributed by atoms with Gasteiger partial charge in [0.15, 0.2) is 6.10 Å². The Labute approximate surface area is 191 Å². The fraction of sp³-hybridized carbons (Fsp3) is 0.393. The Morgan fingerprint density at radius 1 is 1.06 bits per heavy atom. The fourth-order valence-corrected chi connectivity index (χ4v) is 4.38. The molecule has 3 aromatic carbocycles. The zero-order valence-corrected chi connectivity index (χ0v) is 19.8. The summed E-state index contributed by atoms with van der Waals surface area (Å²) in [5.74, 6) is -0.346. The SMILES string of the molecule is CCOC(=O)[C@@H](OC(C)(C)C)c1c(C)cc2ccccc2c1-c1cccc(N2CCC2)c1. The largest absolute Gasteiger partial charge is 0.464 e. The van der Waals surface area contributed by atoms with Crippen LogP contribution in [0.4, 0.5) is 5.69 Å². The van der Waals surface area contributed by atoms with E-state index in [2.05, 4.69) is 60.4 Å². The molecule has 1 saturated heterocycles. The van der Waals surface area contributed by atoms with Crippen molar-refractivity contribution >= 4 is 22.4 Å². The molecule has 32 heavy (non-hydrogen) atoms. The lowest BCUT2D eigenvalue weighted by molar-refractivity contribution is -0.166. The third-order valence-corrected chi connectivity index (χ3v) is 5.89. The van der Waals surface area contributed by atoms with E-state index in [0.29, 0.717) is 6.61 Å². The van der Waals surface area contributed by atoms with Crippen molar-refractivity contribution in [1.29, 1.82) is 0 Å². The van der Waals surface area contributed by atoms with Crippen LogP contribution in [0.3, 0.4) is 0 Å². The Kier molecular flexibility index (Phi) is 6.25. The number of fused-ring (bicyclic) bond motifs is 1. The molecule has 1 atom stereocenters. The molecule has 1 aliphatic rings. The molecule has 4 heteroatoms. The first-order valence-corrected chi connectivity index (χ1v) is 11.5.